The molecule has 1 amide bonds. The van der Waals surface area contributed by atoms with E-state index in [0.29, 0.717) is 34.4 Å². The Morgan fingerprint density at radius 2 is 1.81 bits per heavy atom. The number of amides is 1. The number of ether oxygens (including phenoxy) is 2. The van der Waals surface area contributed by atoms with Gasteiger partial charge >= 0.3 is 0 Å². The number of carbonyl (C=O) groups excluding carboxylic acids is 1. The van der Waals surface area contributed by atoms with Gasteiger partial charge in [-0.2, -0.15) is 0 Å². The van der Waals surface area contributed by atoms with Crippen molar-refractivity contribution in [1.82, 2.24) is 0 Å². The Morgan fingerprint density at radius 3 is 2.52 bits per heavy atom. The zero-order chi connectivity index (χ0) is 19.2. The summed E-state index contributed by atoms with van der Waals surface area (Å²) in [5, 5.41) is 12.9. The molecule has 27 heavy (non-hydrogen) atoms. The van der Waals surface area contributed by atoms with Gasteiger partial charge in [0.25, 0.3) is 5.91 Å². The van der Waals surface area contributed by atoms with Crippen LogP contribution in [0, 0.1) is 0 Å². The number of benzene rings is 3. The van der Waals surface area contributed by atoms with Gasteiger partial charge in [0.2, 0.25) is 0 Å². The quantitative estimate of drug-likeness (QED) is 0.636. The average Bonchev–Trinajstić information content (AvgIpc) is 2.67. The van der Waals surface area contributed by atoms with Crippen molar-refractivity contribution in [3.63, 3.8) is 0 Å². The van der Waals surface area contributed by atoms with Gasteiger partial charge in [-0.25, -0.2) is 0 Å². The zero-order valence-corrected chi connectivity index (χ0v) is 15.4. The van der Waals surface area contributed by atoms with Crippen molar-refractivity contribution < 1.29 is 19.4 Å². The lowest BCUT2D eigenvalue weighted by Gasteiger charge is -2.12. The molecule has 0 saturated carbocycles. The summed E-state index contributed by atoms with van der Waals surface area (Å²) in [6, 6.07) is 18.7. The number of nitrogens with one attached hydrogen (secondary N) is 1. The number of hydrogen-bond acceptors (Lipinski definition) is 4. The van der Waals surface area contributed by atoms with Crippen molar-refractivity contribution in [1.29, 1.82) is 0 Å². The molecule has 6 heteroatoms. The van der Waals surface area contributed by atoms with E-state index in [4.69, 9.17) is 21.1 Å². The fourth-order valence-corrected chi connectivity index (χ4v) is 2.58. The number of hydrogen-bond donors (Lipinski definition) is 2. The first kappa shape index (κ1) is 18.6. The van der Waals surface area contributed by atoms with Crippen molar-refractivity contribution in [3.05, 3.63) is 82.9 Å². The highest BCUT2D eigenvalue weighted by Crippen LogP contribution is 2.29. The van der Waals surface area contributed by atoms with Crippen molar-refractivity contribution in [2.75, 3.05) is 12.4 Å². The first-order valence-corrected chi connectivity index (χ1v) is 8.58. The second-order valence-corrected chi connectivity index (χ2v) is 6.22. The normalized spacial score (nSPS) is 10.3. The molecular weight excluding hydrogens is 366 g/mol. The van der Waals surface area contributed by atoms with Crippen LogP contribution >= 0.6 is 11.6 Å². The molecule has 2 N–H and O–H groups in total. The van der Waals surface area contributed by atoms with Crippen molar-refractivity contribution in [2.45, 2.75) is 6.61 Å². The van der Waals surface area contributed by atoms with E-state index in [1.54, 1.807) is 42.5 Å². The van der Waals surface area contributed by atoms with E-state index >= 15 is 0 Å². The SMILES string of the molecule is COc1cc(C(=O)Nc2cccc(O)c2)ccc1OCc1ccc(Cl)cc1. The van der Waals surface area contributed by atoms with Gasteiger partial charge in [0.15, 0.2) is 11.5 Å². The predicted molar refractivity (Wildman–Crippen MR) is 105 cm³/mol. The van der Waals surface area contributed by atoms with Crippen molar-refractivity contribution >= 4 is 23.2 Å². The Bertz CT molecular complexity index is 941. The fraction of sp³-hybridized carbons (Fsp3) is 0.0952. The molecule has 0 spiro atoms. The second kappa shape index (κ2) is 8.47. The number of phenolic OH excluding ortho intramolecular Hbond substituents is 1. The summed E-state index contributed by atoms with van der Waals surface area (Å²) in [6.07, 6.45) is 0. The molecule has 0 atom stereocenters. The maximum Gasteiger partial charge on any atom is 0.255 e. The number of rotatable bonds is 6. The minimum absolute atomic E-state index is 0.0799. The Hall–Kier alpha value is -3.18. The maximum absolute atomic E-state index is 12.4. The van der Waals surface area contributed by atoms with Crippen LogP contribution in [0.3, 0.4) is 0 Å². The predicted octanol–water partition coefficient (Wildman–Crippen LogP) is 4.89. The van der Waals surface area contributed by atoms with Crippen molar-refractivity contribution in [3.8, 4) is 17.2 Å². The van der Waals surface area contributed by atoms with Gasteiger partial charge < -0.3 is 19.9 Å². The van der Waals surface area contributed by atoms with E-state index in [1.165, 1.54) is 19.2 Å². The van der Waals surface area contributed by atoms with Gasteiger partial charge in [0, 0.05) is 22.3 Å². The summed E-state index contributed by atoms with van der Waals surface area (Å²) in [7, 11) is 1.52. The highest BCUT2D eigenvalue weighted by molar-refractivity contribution is 6.30. The molecule has 3 rings (SSSR count). The van der Waals surface area contributed by atoms with Crippen LogP contribution in [0.15, 0.2) is 66.7 Å². The second-order valence-electron chi connectivity index (χ2n) is 5.79. The summed E-state index contributed by atoms with van der Waals surface area (Å²) >= 11 is 5.88. The van der Waals surface area contributed by atoms with E-state index in [0.717, 1.165) is 5.56 Å². The van der Waals surface area contributed by atoms with Gasteiger partial charge in [-0.05, 0) is 48.0 Å². The van der Waals surface area contributed by atoms with E-state index in [2.05, 4.69) is 5.32 Å². The standard InChI is InChI=1S/C21H18ClNO4/c1-26-20-11-15(21(25)23-17-3-2-4-18(24)12-17)7-10-19(20)27-13-14-5-8-16(22)9-6-14/h2-12,24H,13H2,1H3,(H,23,25). The smallest absolute Gasteiger partial charge is 0.255 e. The summed E-state index contributed by atoms with van der Waals surface area (Å²) < 4.78 is 11.1. The zero-order valence-electron chi connectivity index (χ0n) is 14.6. The van der Waals surface area contributed by atoms with E-state index in [1.807, 2.05) is 12.1 Å². The minimum Gasteiger partial charge on any atom is -0.508 e. The van der Waals surface area contributed by atoms with E-state index in [-0.39, 0.29) is 11.7 Å². The molecule has 138 valence electrons. The monoisotopic (exact) mass is 383 g/mol. The van der Waals surface area contributed by atoms with Crippen LogP contribution in [0.1, 0.15) is 15.9 Å². The molecule has 3 aromatic rings. The van der Waals surface area contributed by atoms with Crippen molar-refractivity contribution in [2.24, 2.45) is 0 Å². The molecule has 0 saturated heterocycles. The molecule has 0 bridgehead atoms. The molecule has 0 aliphatic heterocycles. The lowest BCUT2D eigenvalue weighted by molar-refractivity contribution is 0.102. The highest BCUT2D eigenvalue weighted by Gasteiger charge is 2.12. The van der Waals surface area contributed by atoms with Gasteiger partial charge in [-0.3, -0.25) is 4.79 Å². The molecular formula is C21H18ClNO4. The number of anilines is 1. The van der Waals surface area contributed by atoms with E-state index in [9.17, 15) is 9.90 Å². The fourth-order valence-electron chi connectivity index (χ4n) is 2.46. The van der Waals surface area contributed by atoms with Crippen LogP contribution in [0.4, 0.5) is 5.69 Å². The molecule has 0 aliphatic rings. The molecule has 0 radical (unpaired) electrons. The van der Waals surface area contributed by atoms with Gasteiger partial charge in [-0.15, -0.1) is 0 Å². The molecule has 3 aromatic carbocycles. The van der Waals surface area contributed by atoms with Crippen LogP contribution < -0.4 is 14.8 Å². The number of phenols is 1. The first-order valence-electron chi connectivity index (χ1n) is 8.21. The molecule has 5 nitrogen and oxygen atoms in total. The van der Waals surface area contributed by atoms with Crippen LogP contribution in [0.2, 0.25) is 5.02 Å². The number of carbonyl (C=O) groups is 1. The van der Waals surface area contributed by atoms with Crippen LogP contribution in [0.25, 0.3) is 0 Å². The van der Waals surface area contributed by atoms with Crippen LogP contribution in [0.5, 0.6) is 17.2 Å². The maximum atomic E-state index is 12.4. The van der Waals surface area contributed by atoms with Gasteiger partial charge in [0.05, 0.1) is 7.11 Å². The van der Waals surface area contributed by atoms with Gasteiger partial charge in [0.1, 0.15) is 12.4 Å². The minimum atomic E-state index is -0.317. The lowest BCUT2D eigenvalue weighted by atomic mass is 10.1. The third-order valence-corrected chi connectivity index (χ3v) is 4.09. The summed E-state index contributed by atoms with van der Waals surface area (Å²) in [4.78, 5) is 12.4. The molecule has 0 aromatic heterocycles. The first-order chi connectivity index (χ1) is 13.0. The third-order valence-electron chi connectivity index (χ3n) is 3.84. The van der Waals surface area contributed by atoms with Crippen LogP contribution in [-0.4, -0.2) is 18.1 Å². The summed E-state index contributed by atoms with van der Waals surface area (Å²) in [5.74, 6) is 0.744. The highest BCUT2D eigenvalue weighted by atomic mass is 35.5. The molecule has 0 unspecified atom stereocenters. The third kappa shape index (κ3) is 4.92. The van der Waals surface area contributed by atoms with Gasteiger partial charge in [-0.1, -0.05) is 29.8 Å². The number of methoxy groups -OCH3 is 1. The molecule has 0 aliphatic carbocycles. The summed E-state index contributed by atoms with van der Waals surface area (Å²) in [6.45, 7) is 0.350. The lowest BCUT2D eigenvalue weighted by Crippen LogP contribution is -2.12. The Labute approximate surface area is 162 Å². The topological polar surface area (TPSA) is 67.8 Å². The van der Waals surface area contributed by atoms with E-state index < -0.39 is 0 Å². The summed E-state index contributed by atoms with van der Waals surface area (Å²) in [5.41, 5.74) is 1.88. The van der Waals surface area contributed by atoms with Crippen LogP contribution in [-0.2, 0) is 6.61 Å². The number of halogens is 1. The Kier molecular flexibility index (Phi) is 5.84. The molecule has 0 fully saturated rings. The largest absolute Gasteiger partial charge is 0.508 e. The Morgan fingerprint density at radius 1 is 1.04 bits per heavy atom. The molecule has 0 heterocycles. The average molecular weight is 384 g/mol. The number of aromatic hydroxyl groups is 1. The Balaban J connectivity index is 1.71.